The first-order chi connectivity index (χ1) is 10.3. The molecule has 21 heavy (non-hydrogen) atoms. The Balaban J connectivity index is 2.06. The largest absolute Gasteiger partial charge is 0.380 e. The molecule has 1 aliphatic heterocycles. The van der Waals surface area contributed by atoms with E-state index in [2.05, 4.69) is 41.0 Å². The summed E-state index contributed by atoms with van der Waals surface area (Å²) in [5, 5.41) is 0. The van der Waals surface area contributed by atoms with Crippen LogP contribution in [0.15, 0.2) is 24.3 Å². The highest BCUT2D eigenvalue weighted by Gasteiger charge is 2.25. The van der Waals surface area contributed by atoms with E-state index in [9.17, 15) is 0 Å². The molecular formula is C17H29N3O. The molecule has 2 N–H and O–H groups in total. The SMILES string of the molecule is CCCN1CCN(C(CN)c2ccccc2COC)CC1. The van der Waals surface area contributed by atoms with Gasteiger partial charge in [0.15, 0.2) is 0 Å². The number of ether oxygens (including phenoxy) is 1. The normalized spacial score (nSPS) is 18.8. The molecule has 4 heteroatoms. The van der Waals surface area contributed by atoms with Crippen molar-refractivity contribution in [1.82, 2.24) is 9.80 Å². The summed E-state index contributed by atoms with van der Waals surface area (Å²) in [6, 6.07) is 8.83. The molecule has 0 radical (unpaired) electrons. The van der Waals surface area contributed by atoms with Crippen molar-refractivity contribution in [3.8, 4) is 0 Å². The highest BCUT2D eigenvalue weighted by atomic mass is 16.5. The molecule has 0 spiro atoms. The number of nitrogens with zero attached hydrogens (tertiary/aromatic N) is 2. The summed E-state index contributed by atoms with van der Waals surface area (Å²) in [5.41, 5.74) is 8.68. The van der Waals surface area contributed by atoms with Gasteiger partial charge >= 0.3 is 0 Å². The molecule has 1 heterocycles. The predicted molar refractivity (Wildman–Crippen MR) is 87.3 cm³/mol. The molecule has 118 valence electrons. The number of methoxy groups -OCH3 is 1. The van der Waals surface area contributed by atoms with Crippen molar-refractivity contribution < 1.29 is 4.74 Å². The molecule has 0 saturated carbocycles. The van der Waals surface area contributed by atoms with Gasteiger partial charge in [-0.25, -0.2) is 0 Å². The molecule has 1 aromatic carbocycles. The molecule has 0 bridgehead atoms. The van der Waals surface area contributed by atoms with Gasteiger partial charge in [0, 0.05) is 45.9 Å². The predicted octanol–water partition coefficient (Wildman–Crippen LogP) is 1.86. The summed E-state index contributed by atoms with van der Waals surface area (Å²) >= 11 is 0. The van der Waals surface area contributed by atoms with Crippen molar-refractivity contribution in [2.45, 2.75) is 26.0 Å². The van der Waals surface area contributed by atoms with Gasteiger partial charge in [-0.15, -0.1) is 0 Å². The second-order valence-corrected chi connectivity index (χ2v) is 5.76. The van der Waals surface area contributed by atoms with Gasteiger partial charge in [-0.1, -0.05) is 31.2 Å². The van der Waals surface area contributed by atoms with Crippen molar-refractivity contribution in [3.05, 3.63) is 35.4 Å². The minimum Gasteiger partial charge on any atom is -0.380 e. The van der Waals surface area contributed by atoms with Crippen LogP contribution < -0.4 is 5.73 Å². The second kappa shape index (κ2) is 8.49. The zero-order valence-electron chi connectivity index (χ0n) is 13.4. The van der Waals surface area contributed by atoms with E-state index in [1.807, 2.05) is 0 Å². The Morgan fingerprint density at radius 2 is 1.90 bits per heavy atom. The Labute approximate surface area is 128 Å². The molecule has 2 rings (SSSR count). The Morgan fingerprint density at radius 1 is 1.19 bits per heavy atom. The Morgan fingerprint density at radius 3 is 2.52 bits per heavy atom. The van der Waals surface area contributed by atoms with Crippen LogP contribution in [-0.4, -0.2) is 56.2 Å². The van der Waals surface area contributed by atoms with Crippen LogP contribution in [0.4, 0.5) is 0 Å². The average molecular weight is 291 g/mol. The molecule has 0 aromatic heterocycles. The molecule has 1 fully saturated rings. The minimum atomic E-state index is 0.306. The summed E-state index contributed by atoms with van der Waals surface area (Å²) < 4.78 is 5.33. The summed E-state index contributed by atoms with van der Waals surface area (Å²) in [6.45, 7) is 9.27. The molecule has 4 nitrogen and oxygen atoms in total. The smallest absolute Gasteiger partial charge is 0.0716 e. The second-order valence-electron chi connectivity index (χ2n) is 5.76. The van der Waals surface area contributed by atoms with Crippen LogP contribution in [0.1, 0.15) is 30.5 Å². The Bertz CT molecular complexity index is 416. The number of rotatable bonds is 7. The standard InChI is InChI=1S/C17H29N3O/c1-3-8-19-9-11-20(12-10-19)17(13-18)16-7-5-4-6-15(16)14-21-2/h4-7,17H,3,8-14,18H2,1-2H3. The molecule has 1 atom stereocenters. The van der Waals surface area contributed by atoms with Gasteiger partial charge < -0.3 is 15.4 Å². The van der Waals surface area contributed by atoms with Crippen LogP contribution in [0, 0.1) is 0 Å². The van der Waals surface area contributed by atoms with Gasteiger partial charge in [-0.3, -0.25) is 4.90 Å². The molecule has 1 aromatic rings. The number of hydrogen-bond acceptors (Lipinski definition) is 4. The summed E-state index contributed by atoms with van der Waals surface area (Å²) in [4.78, 5) is 5.08. The van der Waals surface area contributed by atoms with E-state index in [-0.39, 0.29) is 0 Å². The van der Waals surface area contributed by atoms with E-state index >= 15 is 0 Å². The van der Waals surface area contributed by atoms with Crippen LogP contribution in [0.25, 0.3) is 0 Å². The third kappa shape index (κ3) is 4.27. The van der Waals surface area contributed by atoms with Gasteiger partial charge in [0.2, 0.25) is 0 Å². The Hall–Kier alpha value is -0.940. The van der Waals surface area contributed by atoms with E-state index in [1.165, 1.54) is 24.1 Å². The highest BCUT2D eigenvalue weighted by molar-refractivity contribution is 5.30. The first-order valence-electron chi connectivity index (χ1n) is 8.03. The van der Waals surface area contributed by atoms with E-state index in [0.29, 0.717) is 19.2 Å². The fourth-order valence-corrected chi connectivity index (χ4v) is 3.23. The molecule has 1 unspecified atom stereocenters. The molecule has 1 saturated heterocycles. The zero-order valence-corrected chi connectivity index (χ0v) is 13.4. The maximum atomic E-state index is 6.10. The number of benzene rings is 1. The average Bonchev–Trinajstić information content (AvgIpc) is 2.52. The number of nitrogens with two attached hydrogens (primary N) is 1. The van der Waals surface area contributed by atoms with Crippen molar-refractivity contribution in [1.29, 1.82) is 0 Å². The quantitative estimate of drug-likeness (QED) is 0.832. The zero-order chi connectivity index (χ0) is 15.1. The van der Waals surface area contributed by atoms with Crippen molar-refractivity contribution in [2.75, 3.05) is 46.4 Å². The van der Waals surface area contributed by atoms with E-state index in [0.717, 1.165) is 26.2 Å². The maximum absolute atomic E-state index is 6.10. The topological polar surface area (TPSA) is 41.7 Å². The van der Waals surface area contributed by atoms with Crippen molar-refractivity contribution >= 4 is 0 Å². The van der Waals surface area contributed by atoms with E-state index in [4.69, 9.17) is 10.5 Å². The van der Waals surface area contributed by atoms with Crippen LogP contribution >= 0.6 is 0 Å². The summed E-state index contributed by atoms with van der Waals surface area (Å²) in [5.74, 6) is 0. The maximum Gasteiger partial charge on any atom is 0.0716 e. The first-order valence-corrected chi connectivity index (χ1v) is 8.03. The number of hydrogen-bond donors (Lipinski definition) is 1. The van der Waals surface area contributed by atoms with Crippen molar-refractivity contribution in [2.24, 2.45) is 5.73 Å². The summed E-state index contributed by atoms with van der Waals surface area (Å²) in [6.07, 6.45) is 1.23. The molecular weight excluding hydrogens is 262 g/mol. The van der Waals surface area contributed by atoms with Gasteiger partial charge in [0.25, 0.3) is 0 Å². The molecule has 1 aliphatic rings. The third-order valence-electron chi connectivity index (χ3n) is 4.32. The van der Waals surface area contributed by atoms with Gasteiger partial charge in [-0.2, -0.15) is 0 Å². The summed E-state index contributed by atoms with van der Waals surface area (Å²) in [7, 11) is 1.75. The van der Waals surface area contributed by atoms with E-state index < -0.39 is 0 Å². The number of piperazine rings is 1. The third-order valence-corrected chi connectivity index (χ3v) is 4.32. The van der Waals surface area contributed by atoms with E-state index in [1.54, 1.807) is 7.11 Å². The van der Waals surface area contributed by atoms with Crippen LogP contribution in [0.5, 0.6) is 0 Å². The molecule has 0 amide bonds. The van der Waals surface area contributed by atoms with Crippen LogP contribution in [-0.2, 0) is 11.3 Å². The first kappa shape index (κ1) is 16.4. The Kier molecular flexibility index (Phi) is 6.64. The van der Waals surface area contributed by atoms with Gasteiger partial charge in [-0.05, 0) is 24.1 Å². The minimum absolute atomic E-state index is 0.306. The van der Waals surface area contributed by atoms with Crippen molar-refractivity contribution in [3.63, 3.8) is 0 Å². The fraction of sp³-hybridized carbons (Fsp3) is 0.647. The van der Waals surface area contributed by atoms with Gasteiger partial charge in [0.05, 0.1) is 6.61 Å². The molecule has 0 aliphatic carbocycles. The monoisotopic (exact) mass is 291 g/mol. The fourth-order valence-electron chi connectivity index (χ4n) is 3.23. The lowest BCUT2D eigenvalue weighted by atomic mass is 9.98. The highest BCUT2D eigenvalue weighted by Crippen LogP contribution is 2.25. The lowest BCUT2D eigenvalue weighted by Gasteiger charge is -2.39. The van der Waals surface area contributed by atoms with Crippen LogP contribution in [0.2, 0.25) is 0 Å². The lowest BCUT2D eigenvalue weighted by molar-refractivity contribution is 0.0969. The van der Waals surface area contributed by atoms with Crippen LogP contribution in [0.3, 0.4) is 0 Å². The van der Waals surface area contributed by atoms with Gasteiger partial charge in [0.1, 0.15) is 0 Å². The lowest BCUT2D eigenvalue weighted by Crippen LogP contribution is -2.49.